The van der Waals surface area contributed by atoms with Crippen molar-refractivity contribution in [2.75, 3.05) is 7.18 Å². The van der Waals surface area contributed by atoms with Gasteiger partial charge in [-0.05, 0) is 56.1 Å². The smallest absolute Gasteiger partial charge is 0.247 e. The zero-order valence-electron chi connectivity index (χ0n) is 25.0. The summed E-state index contributed by atoms with van der Waals surface area (Å²) in [6, 6.07) is 18.2. The summed E-state index contributed by atoms with van der Waals surface area (Å²) in [5, 5.41) is 0. The van der Waals surface area contributed by atoms with Gasteiger partial charge in [-0.3, -0.25) is 4.39 Å². The first-order valence-electron chi connectivity index (χ1n) is 14.0. The van der Waals surface area contributed by atoms with Crippen molar-refractivity contribution in [1.29, 1.82) is 0 Å². The fourth-order valence-electron chi connectivity index (χ4n) is 3.94. The second kappa shape index (κ2) is 23.1. The van der Waals surface area contributed by atoms with Crippen LogP contribution in [0.4, 0.5) is 13.2 Å². The van der Waals surface area contributed by atoms with Crippen molar-refractivity contribution in [3.8, 4) is 0 Å². The van der Waals surface area contributed by atoms with E-state index in [0.29, 0.717) is 12.7 Å². The van der Waals surface area contributed by atoms with Gasteiger partial charge in [0.15, 0.2) is 0 Å². The van der Waals surface area contributed by atoms with Crippen LogP contribution in [0.1, 0.15) is 103 Å². The number of aryl methyl sites for hydroxylation is 1. The molecule has 3 heteroatoms. The average Bonchev–Trinajstić information content (AvgIpc) is 2.89. The Morgan fingerprint density at radius 3 is 1.73 bits per heavy atom. The van der Waals surface area contributed by atoms with Crippen LogP contribution < -0.4 is 0 Å². The van der Waals surface area contributed by atoms with Crippen molar-refractivity contribution in [2.45, 2.75) is 112 Å². The van der Waals surface area contributed by atoms with Crippen LogP contribution in [0.2, 0.25) is 0 Å². The number of benzene rings is 2. The molecule has 212 valence electrons. The highest BCUT2D eigenvalue weighted by molar-refractivity contribution is 5.28. The Balaban J connectivity index is 0. The van der Waals surface area contributed by atoms with E-state index >= 15 is 0 Å². The summed E-state index contributed by atoms with van der Waals surface area (Å²) in [5.74, 6) is 1.93. The van der Waals surface area contributed by atoms with Gasteiger partial charge in [-0.2, -0.15) is 0 Å². The van der Waals surface area contributed by atoms with E-state index in [1.165, 1.54) is 56.9 Å². The SMILES string of the molecule is C=CC.CC1CCC(Cc2ccccc2)CC1.CCCCC.CF.Cc1ccc(C(C)(C)C(F)F)cc1. The van der Waals surface area contributed by atoms with Crippen LogP contribution in [0.15, 0.2) is 67.3 Å². The third kappa shape index (κ3) is 18.0. The molecule has 0 aliphatic heterocycles. The molecule has 1 aliphatic rings. The first kappa shape index (κ1) is 37.1. The fourth-order valence-corrected chi connectivity index (χ4v) is 3.94. The quantitative estimate of drug-likeness (QED) is 0.332. The van der Waals surface area contributed by atoms with Gasteiger partial charge >= 0.3 is 0 Å². The summed E-state index contributed by atoms with van der Waals surface area (Å²) >= 11 is 0. The molecule has 0 nitrogen and oxygen atoms in total. The van der Waals surface area contributed by atoms with Crippen LogP contribution >= 0.6 is 0 Å². The van der Waals surface area contributed by atoms with Crippen molar-refractivity contribution in [3.63, 3.8) is 0 Å². The summed E-state index contributed by atoms with van der Waals surface area (Å²) in [5.41, 5.74) is 2.25. The molecule has 0 amide bonds. The first-order valence-corrected chi connectivity index (χ1v) is 14.0. The van der Waals surface area contributed by atoms with Gasteiger partial charge in [-0.1, -0.05) is 133 Å². The third-order valence-corrected chi connectivity index (χ3v) is 6.55. The molecule has 1 saturated carbocycles. The first-order chi connectivity index (χ1) is 17.6. The Bertz CT molecular complexity index is 740. The Morgan fingerprint density at radius 2 is 1.35 bits per heavy atom. The van der Waals surface area contributed by atoms with E-state index in [2.05, 4.69) is 57.7 Å². The molecule has 0 atom stereocenters. The zero-order chi connectivity index (χ0) is 28.7. The summed E-state index contributed by atoms with van der Waals surface area (Å²) in [6.45, 7) is 17.1. The monoisotopic (exact) mass is 520 g/mol. The predicted molar refractivity (Wildman–Crippen MR) is 160 cm³/mol. The van der Waals surface area contributed by atoms with Crippen molar-refractivity contribution >= 4 is 0 Å². The van der Waals surface area contributed by atoms with E-state index in [1.807, 2.05) is 26.0 Å². The molecule has 0 bridgehead atoms. The molecule has 0 saturated heterocycles. The number of hydrogen-bond acceptors (Lipinski definition) is 0. The van der Waals surface area contributed by atoms with Gasteiger partial charge in [-0.25, -0.2) is 8.78 Å². The van der Waals surface area contributed by atoms with E-state index in [9.17, 15) is 13.2 Å². The Labute approximate surface area is 227 Å². The number of unbranched alkanes of at least 4 members (excludes halogenated alkanes) is 2. The lowest BCUT2D eigenvalue weighted by molar-refractivity contribution is 0.0694. The highest BCUT2D eigenvalue weighted by Gasteiger charge is 2.31. The van der Waals surface area contributed by atoms with Gasteiger partial charge in [0.05, 0.1) is 12.6 Å². The number of hydrogen-bond donors (Lipinski definition) is 0. The number of halogens is 3. The van der Waals surface area contributed by atoms with E-state index in [1.54, 1.807) is 32.1 Å². The number of rotatable bonds is 6. The molecule has 0 unspecified atom stereocenters. The van der Waals surface area contributed by atoms with Gasteiger partial charge in [-0.15, -0.1) is 6.58 Å². The minimum Gasteiger partial charge on any atom is -0.255 e. The lowest BCUT2D eigenvalue weighted by Gasteiger charge is -2.26. The van der Waals surface area contributed by atoms with Crippen LogP contribution in [-0.4, -0.2) is 13.6 Å². The largest absolute Gasteiger partial charge is 0.255 e. The minimum atomic E-state index is -2.32. The second-order valence-electron chi connectivity index (χ2n) is 10.5. The maximum atomic E-state index is 12.6. The molecule has 0 heterocycles. The third-order valence-electron chi connectivity index (χ3n) is 6.55. The van der Waals surface area contributed by atoms with Gasteiger partial charge in [0.25, 0.3) is 0 Å². The summed E-state index contributed by atoms with van der Waals surface area (Å²) < 4.78 is 34.7. The second-order valence-corrected chi connectivity index (χ2v) is 10.5. The van der Waals surface area contributed by atoms with Crippen molar-refractivity contribution < 1.29 is 13.2 Å². The summed E-state index contributed by atoms with van der Waals surface area (Å²) in [6.07, 6.45) is 10.6. The normalized spacial score (nSPS) is 16.3. The van der Waals surface area contributed by atoms with Gasteiger partial charge in [0, 0.05) is 0 Å². The summed E-state index contributed by atoms with van der Waals surface area (Å²) in [7, 11) is 0.500. The van der Waals surface area contributed by atoms with Crippen LogP contribution in [-0.2, 0) is 11.8 Å². The van der Waals surface area contributed by atoms with Crippen molar-refractivity contribution in [1.82, 2.24) is 0 Å². The number of alkyl halides is 3. The topological polar surface area (TPSA) is 0 Å². The lowest BCUT2D eigenvalue weighted by Crippen LogP contribution is -2.26. The van der Waals surface area contributed by atoms with E-state index in [0.717, 1.165) is 17.4 Å². The Hall–Kier alpha value is -2.03. The Morgan fingerprint density at radius 1 is 0.892 bits per heavy atom. The van der Waals surface area contributed by atoms with Crippen molar-refractivity contribution in [3.05, 3.63) is 83.9 Å². The molecule has 0 spiro atoms. The van der Waals surface area contributed by atoms with Gasteiger partial charge < -0.3 is 0 Å². The molecule has 1 fully saturated rings. The van der Waals surface area contributed by atoms with Gasteiger partial charge in [0.2, 0.25) is 6.43 Å². The van der Waals surface area contributed by atoms with E-state index in [4.69, 9.17) is 0 Å². The molecule has 37 heavy (non-hydrogen) atoms. The molecular formula is C34H55F3. The Kier molecular flexibility index (Phi) is 23.2. The maximum absolute atomic E-state index is 12.6. The molecule has 1 aliphatic carbocycles. The van der Waals surface area contributed by atoms with Gasteiger partial charge in [0.1, 0.15) is 0 Å². The molecule has 0 N–H and O–H groups in total. The van der Waals surface area contributed by atoms with E-state index in [-0.39, 0.29) is 0 Å². The lowest BCUT2D eigenvalue weighted by atomic mass is 9.80. The minimum absolute atomic E-state index is 0.500. The average molecular weight is 521 g/mol. The maximum Gasteiger partial charge on any atom is 0.247 e. The highest BCUT2D eigenvalue weighted by Crippen LogP contribution is 2.31. The molecule has 2 aromatic carbocycles. The zero-order valence-corrected chi connectivity index (χ0v) is 25.0. The van der Waals surface area contributed by atoms with Crippen LogP contribution in [0.3, 0.4) is 0 Å². The summed E-state index contributed by atoms with van der Waals surface area (Å²) in [4.78, 5) is 0. The number of allylic oxidation sites excluding steroid dienone is 1. The van der Waals surface area contributed by atoms with E-state index < -0.39 is 11.8 Å². The molecule has 0 radical (unpaired) electrons. The fraction of sp³-hybridized carbons (Fsp3) is 0.588. The molecule has 2 aromatic rings. The highest BCUT2D eigenvalue weighted by atomic mass is 19.3. The standard InChI is InChI=1S/C14H20.C11H14F2.C5H12.C3H6.CH3F/c1-12-7-9-14(10-8-12)11-13-5-3-2-4-6-13;1-8-4-6-9(7-5-8)11(2,3)10(12)13;1-3-5-4-2;1-3-2;1-2/h2-6,12,14H,7-11H2,1H3;4-7,10H,1-3H3;3-5H2,1-2H3;3H,1H2,2H3;1H3. The predicted octanol–water partition coefficient (Wildman–Crippen LogP) is 11.6. The molecule has 0 aromatic heterocycles. The van der Waals surface area contributed by atoms with Crippen LogP contribution in [0, 0.1) is 18.8 Å². The van der Waals surface area contributed by atoms with Crippen LogP contribution in [0.5, 0.6) is 0 Å². The van der Waals surface area contributed by atoms with Crippen LogP contribution in [0.25, 0.3) is 0 Å². The van der Waals surface area contributed by atoms with Crippen molar-refractivity contribution in [2.24, 2.45) is 11.8 Å². The molecule has 3 rings (SSSR count). The molecular weight excluding hydrogens is 465 g/mol.